The van der Waals surface area contributed by atoms with Gasteiger partial charge in [0.25, 0.3) is 5.91 Å². The zero-order valence-electron chi connectivity index (χ0n) is 14.8. The van der Waals surface area contributed by atoms with Crippen LogP contribution in [0.3, 0.4) is 0 Å². The molecule has 3 rings (SSSR count). The quantitative estimate of drug-likeness (QED) is 0.713. The molecule has 0 radical (unpaired) electrons. The SMILES string of the molecule is CCCC(NC(=O)c1n[nH]c2c1CNCC2)c1cccc(C(F)(F)F)c1.Cl. The van der Waals surface area contributed by atoms with Crippen LogP contribution in [-0.2, 0) is 19.1 Å². The molecular weight excluding hydrogens is 381 g/mol. The predicted molar refractivity (Wildman–Crippen MR) is 97.8 cm³/mol. The summed E-state index contributed by atoms with van der Waals surface area (Å²) >= 11 is 0. The average molecular weight is 403 g/mol. The van der Waals surface area contributed by atoms with E-state index in [0.717, 1.165) is 42.8 Å². The Bertz CT molecular complexity index is 791. The molecule has 1 aromatic carbocycles. The normalized spacial score (nSPS) is 14.8. The Kier molecular flexibility index (Phi) is 6.89. The van der Waals surface area contributed by atoms with Crippen molar-refractivity contribution in [1.29, 1.82) is 0 Å². The van der Waals surface area contributed by atoms with E-state index in [-0.39, 0.29) is 18.3 Å². The molecule has 3 N–H and O–H groups in total. The molecule has 1 aliphatic heterocycles. The molecule has 0 spiro atoms. The van der Waals surface area contributed by atoms with Crippen LogP contribution in [0.1, 0.15) is 58.7 Å². The van der Waals surface area contributed by atoms with Gasteiger partial charge in [0.2, 0.25) is 0 Å². The molecule has 9 heteroatoms. The van der Waals surface area contributed by atoms with E-state index >= 15 is 0 Å². The number of H-pyrrole nitrogens is 1. The van der Waals surface area contributed by atoms with Crippen LogP contribution in [0.2, 0.25) is 0 Å². The van der Waals surface area contributed by atoms with Gasteiger partial charge >= 0.3 is 6.18 Å². The molecule has 1 aromatic heterocycles. The molecule has 1 aliphatic rings. The van der Waals surface area contributed by atoms with Crippen molar-refractivity contribution in [3.8, 4) is 0 Å². The number of carbonyl (C=O) groups is 1. The Morgan fingerprint density at radius 2 is 2.15 bits per heavy atom. The third-order valence-electron chi connectivity index (χ3n) is 4.52. The molecule has 1 unspecified atom stereocenters. The smallest absolute Gasteiger partial charge is 0.344 e. The molecular formula is C18H22ClF3N4O. The average Bonchev–Trinajstić information content (AvgIpc) is 3.05. The summed E-state index contributed by atoms with van der Waals surface area (Å²) in [5, 5.41) is 13.0. The standard InChI is InChI=1S/C18H21F3N4O.ClH/c1-2-4-14(11-5-3-6-12(9-11)18(19,20)21)23-17(26)16-13-10-22-8-7-15(13)24-25-16;/h3,5-6,9,14,22H,2,4,7-8,10H2,1H3,(H,23,26)(H,24,25);1H. The number of nitrogens with zero attached hydrogens (tertiary/aromatic N) is 1. The Balaban J connectivity index is 0.00000261. The van der Waals surface area contributed by atoms with E-state index in [0.29, 0.717) is 24.2 Å². The molecule has 27 heavy (non-hydrogen) atoms. The minimum atomic E-state index is -4.41. The van der Waals surface area contributed by atoms with Gasteiger partial charge in [-0.15, -0.1) is 12.4 Å². The van der Waals surface area contributed by atoms with Gasteiger partial charge in [0, 0.05) is 30.8 Å². The monoisotopic (exact) mass is 402 g/mol. The highest BCUT2D eigenvalue weighted by atomic mass is 35.5. The van der Waals surface area contributed by atoms with Gasteiger partial charge in [0.15, 0.2) is 5.69 Å². The molecule has 0 bridgehead atoms. The first-order chi connectivity index (χ1) is 12.4. The summed E-state index contributed by atoms with van der Waals surface area (Å²) in [5.74, 6) is -0.373. The first kappa shape index (κ1) is 21.2. The second kappa shape index (κ2) is 8.75. The number of rotatable bonds is 5. The molecule has 0 aliphatic carbocycles. The summed E-state index contributed by atoms with van der Waals surface area (Å²) in [6.07, 6.45) is -2.38. The van der Waals surface area contributed by atoms with Crippen LogP contribution in [0.25, 0.3) is 0 Å². The summed E-state index contributed by atoms with van der Waals surface area (Å²) in [7, 11) is 0. The van der Waals surface area contributed by atoms with E-state index in [1.54, 1.807) is 6.07 Å². The number of nitrogens with one attached hydrogen (secondary N) is 3. The van der Waals surface area contributed by atoms with Crippen molar-refractivity contribution < 1.29 is 18.0 Å². The lowest BCUT2D eigenvalue weighted by molar-refractivity contribution is -0.137. The summed E-state index contributed by atoms with van der Waals surface area (Å²) in [6, 6.07) is 4.61. The van der Waals surface area contributed by atoms with Crippen LogP contribution in [-0.4, -0.2) is 22.6 Å². The number of aromatic amines is 1. The molecule has 5 nitrogen and oxygen atoms in total. The van der Waals surface area contributed by atoms with Crippen molar-refractivity contribution in [2.24, 2.45) is 0 Å². The summed E-state index contributed by atoms with van der Waals surface area (Å²) < 4.78 is 38.9. The van der Waals surface area contributed by atoms with Crippen molar-refractivity contribution in [1.82, 2.24) is 20.8 Å². The van der Waals surface area contributed by atoms with Crippen LogP contribution in [0.4, 0.5) is 13.2 Å². The lowest BCUT2D eigenvalue weighted by Gasteiger charge is -2.20. The third-order valence-corrected chi connectivity index (χ3v) is 4.52. The number of amides is 1. The van der Waals surface area contributed by atoms with Gasteiger partial charge in [-0.2, -0.15) is 18.3 Å². The number of hydrogen-bond acceptors (Lipinski definition) is 3. The van der Waals surface area contributed by atoms with Gasteiger partial charge in [-0.25, -0.2) is 0 Å². The molecule has 148 valence electrons. The minimum Gasteiger partial charge on any atom is -0.344 e. The zero-order valence-corrected chi connectivity index (χ0v) is 15.6. The molecule has 2 aromatic rings. The third kappa shape index (κ3) is 4.81. The van der Waals surface area contributed by atoms with E-state index in [4.69, 9.17) is 0 Å². The van der Waals surface area contributed by atoms with E-state index in [9.17, 15) is 18.0 Å². The van der Waals surface area contributed by atoms with Gasteiger partial charge in [0.05, 0.1) is 11.6 Å². The van der Waals surface area contributed by atoms with Gasteiger partial charge < -0.3 is 10.6 Å². The summed E-state index contributed by atoms with van der Waals surface area (Å²) in [4.78, 5) is 12.7. The van der Waals surface area contributed by atoms with Crippen molar-refractivity contribution >= 4 is 18.3 Å². The second-order valence-corrected chi connectivity index (χ2v) is 6.39. The van der Waals surface area contributed by atoms with Crippen LogP contribution in [0, 0.1) is 0 Å². The number of alkyl halides is 3. The second-order valence-electron chi connectivity index (χ2n) is 6.39. The maximum Gasteiger partial charge on any atom is 0.416 e. The molecule has 0 saturated heterocycles. The Hall–Kier alpha value is -2.06. The van der Waals surface area contributed by atoms with E-state index in [2.05, 4.69) is 20.8 Å². The van der Waals surface area contributed by atoms with Crippen molar-refractivity contribution in [2.45, 2.75) is 44.9 Å². The lowest BCUT2D eigenvalue weighted by atomic mass is 9.99. The largest absolute Gasteiger partial charge is 0.416 e. The maximum atomic E-state index is 13.0. The predicted octanol–water partition coefficient (Wildman–Crippen LogP) is 3.77. The van der Waals surface area contributed by atoms with E-state index in [1.165, 1.54) is 6.07 Å². The highest BCUT2D eigenvalue weighted by molar-refractivity contribution is 5.94. The lowest BCUT2D eigenvalue weighted by Crippen LogP contribution is -2.31. The van der Waals surface area contributed by atoms with Crippen molar-refractivity contribution in [3.63, 3.8) is 0 Å². The molecule has 2 heterocycles. The maximum absolute atomic E-state index is 13.0. The van der Waals surface area contributed by atoms with Crippen LogP contribution >= 0.6 is 12.4 Å². The van der Waals surface area contributed by atoms with Gasteiger partial charge in [-0.1, -0.05) is 25.5 Å². The van der Waals surface area contributed by atoms with Crippen LogP contribution in [0.5, 0.6) is 0 Å². The Morgan fingerprint density at radius 3 is 2.85 bits per heavy atom. The fourth-order valence-corrected chi connectivity index (χ4v) is 3.18. The number of benzene rings is 1. The Labute approximate surface area is 161 Å². The topological polar surface area (TPSA) is 69.8 Å². The fraction of sp³-hybridized carbons (Fsp3) is 0.444. The summed E-state index contributed by atoms with van der Waals surface area (Å²) in [6.45, 7) is 3.29. The van der Waals surface area contributed by atoms with Crippen molar-refractivity contribution in [2.75, 3.05) is 6.54 Å². The van der Waals surface area contributed by atoms with Gasteiger partial charge in [-0.05, 0) is 24.1 Å². The number of hydrogen-bond donors (Lipinski definition) is 3. The van der Waals surface area contributed by atoms with Crippen LogP contribution in [0.15, 0.2) is 24.3 Å². The minimum absolute atomic E-state index is 0. The van der Waals surface area contributed by atoms with Crippen molar-refractivity contribution in [3.05, 3.63) is 52.3 Å². The van der Waals surface area contributed by atoms with Gasteiger partial charge in [0.1, 0.15) is 0 Å². The van der Waals surface area contributed by atoms with Gasteiger partial charge in [-0.3, -0.25) is 9.89 Å². The summed E-state index contributed by atoms with van der Waals surface area (Å²) in [5.41, 5.74) is 1.79. The molecule has 0 saturated carbocycles. The van der Waals surface area contributed by atoms with E-state index < -0.39 is 17.8 Å². The highest BCUT2D eigenvalue weighted by Crippen LogP contribution is 2.31. The first-order valence-corrected chi connectivity index (χ1v) is 8.65. The number of carbonyl (C=O) groups excluding carboxylic acids is 1. The van der Waals surface area contributed by atoms with E-state index in [1.807, 2.05) is 6.92 Å². The highest BCUT2D eigenvalue weighted by Gasteiger charge is 2.31. The number of aromatic nitrogens is 2. The fourth-order valence-electron chi connectivity index (χ4n) is 3.18. The molecule has 1 atom stereocenters. The number of halogens is 4. The first-order valence-electron chi connectivity index (χ1n) is 8.65. The molecule has 0 fully saturated rings. The Morgan fingerprint density at radius 1 is 1.37 bits per heavy atom. The molecule has 1 amide bonds. The zero-order chi connectivity index (χ0) is 18.7. The van der Waals surface area contributed by atoms with Crippen LogP contribution < -0.4 is 10.6 Å². The number of fused-ring (bicyclic) bond motifs is 1.